The topological polar surface area (TPSA) is 55.1 Å². The summed E-state index contributed by atoms with van der Waals surface area (Å²) in [6.45, 7) is 3.35. The van der Waals surface area contributed by atoms with E-state index < -0.39 is 0 Å². The van der Waals surface area contributed by atoms with Crippen LogP contribution >= 0.6 is 11.3 Å². The lowest BCUT2D eigenvalue weighted by atomic mass is 10.0. The van der Waals surface area contributed by atoms with Gasteiger partial charge >= 0.3 is 0 Å². The number of nitrogens with one attached hydrogen (secondary N) is 1. The number of hydrogen-bond donors (Lipinski definition) is 2. The molecule has 0 aromatic carbocycles. The van der Waals surface area contributed by atoms with Crippen LogP contribution in [-0.4, -0.2) is 12.5 Å². The van der Waals surface area contributed by atoms with Gasteiger partial charge in [-0.3, -0.25) is 4.79 Å². The number of amides is 1. The van der Waals surface area contributed by atoms with Crippen LogP contribution < -0.4 is 11.1 Å². The third-order valence-corrected chi connectivity index (χ3v) is 4.88. The molecular weight excluding hydrogens is 244 g/mol. The highest BCUT2D eigenvalue weighted by molar-refractivity contribution is 7.12. The highest BCUT2D eigenvalue weighted by atomic mass is 32.1. The van der Waals surface area contributed by atoms with Crippen LogP contribution in [0.1, 0.15) is 41.5 Å². The zero-order valence-corrected chi connectivity index (χ0v) is 11.8. The van der Waals surface area contributed by atoms with Crippen LogP contribution in [-0.2, 0) is 24.2 Å². The van der Waals surface area contributed by atoms with Gasteiger partial charge in [0.25, 0.3) is 0 Å². The van der Waals surface area contributed by atoms with Gasteiger partial charge in [-0.1, -0.05) is 13.3 Å². The molecule has 1 heterocycles. The molecule has 2 rings (SSSR count). The predicted octanol–water partition coefficient (Wildman–Crippen LogP) is 2.23. The van der Waals surface area contributed by atoms with Gasteiger partial charge < -0.3 is 11.1 Å². The molecule has 1 aliphatic rings. The molecule has 0 spiro atoms. The summed E-state index contributed by atoms with van der Waals surface area (Å²) in [4.78, 5) is 14.6. The highest BCUT2D eigenvalue weighted by Crippen LogP contribution is 2.30. The average Bonchev–Trinajstić information content (AvgIpc) is 2.93. The second kappa shape index (κ2) is 6.34. The Morgan fingerprint density at radius 2 is 2.39 bits per heavy atom. The molecule has 3 N–H and O–H groups in total. The van der Waals surface area contributed by atoms with Crippen molar-refractivity contribution in [3.05, 3.63) is 21.4 Å². The first kappa shape index (κ1) is 13.6. The van der Waals surface area contributed by atoms with Crippen molar-refractivity contribution in [3.8, 4) is 0 Å². The van der Waals surface area contributed by atoms with Crippen molar-refractivity contribution in [3.63, 3.8) is 0 Å². The minimum Gasteiger partial charge on any atom is -0.351 e. The number of aryl methyl sites for hydroxylation is 2. The van der Waals surface area contributed by atoms with Gasteiger partial charge in [0, 0.05) is 16.2 Å². The Balaban J connectivity index is 1.78. The summed E-state index contributed by atoms with van der Waals surface area (Å²) < 4.78 is 0. The molecule has 18 heavy (non-hydrogen) atoms. The minimum absolute atomic E-state index is 0.126. The molecule has 1 unspecified atom stereocenters. The minimum atomic E-state index is 0.126. The molecule has 1 aliphatic carbocycles. The molecule has 1 aromatic heterocycles. The third-order valence-electron chi connectivity index (χ3n) is 3.64. The molecule has 1 atom stereocenters. The number of thiophene rings is 1. The average molecular weight is 266 g/mol. The summed E-state index contributed by atoms with van der Waals surface area (Å²) in [7, 11) is 0. The monoisotopic (exact) mass is 266 g/mol. The number of fused-ring (bicyclic) bond motifs is 1. The van der Waals surface area contributed by atoms with E-state index in [-0.39, 0.29) is 5.91 Å². The summed E-state index contributed by atoms with van der Waals surface area (Å²) in [5.74, 6) is 0.444. The summed E-state index contributed by atoms with van der Waals surface area (Å²) in [5, 5.41) is 3.00. The quantitative estimate of drug-likeness (QED) is 0.829. The van der Waals surface area contributed by atoms with E-state index in [1.54, 1.807) is 0 Å². The Hall–Kier alpha value is -0.870. The molecule has 0 bridgehead atoms. The Bertz CT molecular complexity index is 388. The van der Waals surface area contributed by atoms with Crippen molar-refractivity contribution in [1.29, 1.82) is 0 Å². The molecule has 0 aliphatic heterocycles. The van der Waals surface area contributed by atoms with E-state index in [1.165, 1.54) is 34.6 Å². The predicted molar refractivity (Wildman–Crippen MR) is 75.6 cm³/mol. The lowest BCUT2D eigenvalue weighted by molar-refractivity contribution is -0.122. The number of hydrogen-bond acceptors (Lipinski definition) is 3. The number of carbonyl (C=O) groups excluding carboxylic acids is 1. The Morgan fingerprint density at radius 3 is 3.06 bits per heavy atom. The van der Waals surface area contributed by atoms with Gasteiger partial charge in [0.15, 0.2) is 0 Å². The highest BCUT2D eigenvalue weighted by Gasteiger charge is 2.15. The van der Waals surface area contributed by atoms with Gasteiger partial charge in [-0.05, 0) is 43.4 Å². The molecule has 3 nitrogen and oxygen atoms in total. The largest absolute Gasteiger partial charge is 0.351 e. The van der Waals surface area contributed by atoms with E-state index in [0.717, 1.165) is 6.42 Å². The van der Waals surface area contributed by atoms with Crippen molar-refractivity contribution in [2.24, 2.45) is 11.7 Å². The second-order valence-corrected chi connectivity index (χ2v) is 6.23. The first-order valence-electron chi connectivity index (χ1n) is 6.80. The van der Waals surface area contributed by atoms with Gasteiger partial charge in [-0.25, -0.2) is 0 Å². The van der Waals surface area contributed by atoms with Gasteiger partial charge in [-0.15, -0.1) is 11.3 Å². The van der Waals surface area contributed by atoms with Crippen molar-refractivity contribution in [2.75, 3.05) is 6.54 Å². The molecule has 0 saturated carbocycles. The lowest BCUT2D eigenvalue weighted by Crippen LogP contribution is -2.27. The SMILES string of the molecule is CCC(CN)CC(=O)NCc1cc2c(s1)CCC2. The first-order chi connectivity index (χ1) is 8.72. The molecule has 0 saturated heterocycles. The maximum absolute atomic E-state index is 11.8. The van der Waals surface area contributed by atoms with Crippen LogP contribution in [0.25, 0.3) is 0 Å². The lowest BCUT2D eigenvalue weighted by Gasteiger charge is -2.11. The summed E-state index contributed by atoms with van der Waals surface area (Å²) in [6, 6.07) is 2.26. The standard InChI is InChI=1S/C14H22N2OS/c1-2-10(8-15)6-14(17)16-9-12-7-11-4-3-5-13(11)18-12/h7,10H,2-6,8-9,15H2,1H3,(H,16,17). The van der Waals surface area contributed by atoms with Crippen molar-refractivity contribution in [1.82, 2.24) is 5.32 Å². The third kappa shape index (κ3) is 3.33. The molecule has 100 valence electrons. The summed E-state index contributed by atoms with van der Waals surface area (Å²) >= 11 is 1.85. The smallest absolute Gasteiger partial charge is 0.220 e. The van der Waals surface area contributed by atoms with E-state index in [9.17, 15) is 4.79 Å². The fourth-order valence-electron chi connectivity index (χ4n) is 2.39. The van der Waals surface area contributed by atoms with Crippen LogP contribution in [0.4, 0.5) is 0 Å². The van der Waals surface area contributed by atoms with Crippen molar-refractivity contribution in [2.45, 2.75) is 45.6 Å². The summed E-state index contributed by atoms with van der Waals surface area (Å²) in [5.41, 5.74) is 7.11. The van der Waals surface area contributed by atoms with E-state index in [4.69, 9.17) is 5.73 Å². The number of carbonyl (C=O) groups is 1. The first-order valence-corrected chi connectivity index (χ1v) is 7.61. The van der Waals surface area contributed by atoms with Crippen LogP contribution in [0.2, 0.25) is 0 Å². The van der Waals surface area contributed by atoms with Crippen LogP contribution in [0.15, 0.2) is 6.07 Å². The normalized spacial score (nSPS) is 15.4. The van der Waals surface area contributed by atoms with E-state index >= 15 is 0 Å². The molecule has 0 radical (unpaired) electrons. The van der Waals surface area contributed by atoms with E-state index in [1.807, 2.05) is 11.3 Å². The second-order valence-electron chi connectivity index (χ2n) is 5.01. The Morgan fingerprint density at radius 1 is 1.56 bits per heavy atom. The number of rotatable bonds is 6. The van der Waals surface area contributed by atoms with E-state index in [2.05, 4.69) is 18.3 Å². The van der Waals surface area contributed by atoms with Gasteiger partial charge in [-0.2, -0.15) is 0 Å². The van der Waals surface area contributed by atoms with Gasteiger partial charge in [0.05, 0.1) is 6.54 Å². The summed E-state index contributed by atoms with van der Waals surface area (Å²) in [6.07, 6.45) is 5.25. The fourth-order valence-corrected chi connectivity index (χ4v) is 3.59. The van der Waals surface area contributed by atoms with Gasteiger partial charge in [0.1, 0.15) is 0 Å². The van der Waals surface area contributed by atoms with Crippen LogP contribution in [0.3, 0.4) is 0 Å². The van der Waals surface area contributed by atoms with Crippen molar-refractivity contribution < 1.29 is 4.79 Å². The Labute approximate surface area is 113 Å². The fraction of sp³-hybridized carbons (Fsp3) is 0.643. The molecule has 1 aromatic rings. The van der Waals surface area contributed by atoms with Crippen LogP contribution in [0, 0.1) is 5.92 Å². The zero-order chi connectivity index (χ0) is 13.0. The molecule has 0 fully saturated rings. The van der Waals surface area contributed by atoms with Crippen LogP contribution in [0.5, 0.6) is 0 Å². The van der Waals surface area contributed by atoms with Gasteiger partial charge in [0.2, 0.25) is 5.91 Å². The molecule has 1 amide bonds. The maximum Gasteiger partial charge on any atom is 0.220 e. The number of nitrogens with two attached hydrogens (primary N) is 1. The maximum atomic E-state index is 11.8. The van der Waals surface area contributed by atoms with E-state index in [0.29, 0.717) is 25.4 Å². The van der Waals surface area contributed by atoms with Crippen molar-refractivity contribution >= 4 is 17.2 Å². The molecular formula is C14H22N2OS. The zero-order valence-electron chi connectivity index (χ0n) is 11.0. The molecule has 4 heteroatoms. The Kier molecular flexibility index (Phi) is 4.78.